The molecule has 0 saturated heterocycles. The van der Waals surface area contributed by atoms with Gasteiger partial charge < -0.3 is 10.1 Å². The number of aryl methyl sites for hydroxylation is 1. The summed E-state index contributed by atoms with van der Waals surface area (Å²) in [5.41, 5.74) is 2.23. The lowest BCUT2D eigenvalue weighted by molar-refractivity contribution is -0.136. The first-order valence-corrected chi connectivity index (χ1v) is 7.81. The highest BCUT2D eigenvalue weighted by atomic mass is 35.5. The minimum Gasteiger partial charge on any atom is -0.481 e. The van der Waals surface area contributed by atoms with Gasteiger partial charge in [0.25, 0.3) is 0 Å². The van der Waals surface area contributed by atoms with Crippen molar-refractivity contribution in [3.05, 3.63) is 63.0 Å². The van der Waals surface area contributed by atoms with Crippen LogP contribution in [0.5, 0.6) is 0 Å². The molecule has 0 amide bonds. The van der Waals surface area contributed by atoms with Gasteiger partial charge in [0.2, 0.25) is 5.78 Å². The molecular formula is C17H12Cl2N2O3. The van der Waals surface area contributed by atoms with Gasteiger partial charge in [-0.25, -0.2) is 0 Å². The zero-order valence-electron chi connectivity index (χ0n) is 12.6. The number of carbonyl (C=O) groups excluding carboxylic acids is 1. The van der Waals surface area contributed by atoms with Gasteiger partial charge in [-0.2, -0.15) is 0 Å². The molecule has 0 radical (unpaired) electrons. The van der Waals surface area contributed by atoms with E-state index in [1.807, 2.05) is 6.92 Å². The monoisotopic (exact) mass is 362 g/mol. The molecule has 0 fully saturated rings. The Bertz CT molecular complexity index is 979. The number of H-pyrrole nitrogens is 1. The second-order valence-corrected chi connectivity index (χ2v) is 6.22. The summed E-state index contributed by atoms with van der Waals surface area (Å²) in [6.45, 7) is 1.85. The molecule has 2 heterocycles. The van der Waals surface area contributed by atoms with Crippen molar-refractivity contribution in [2.45, 2.75) is 13.3 Å². The number of aromatic nitrogens is 2. The van der Waals surface area contributed by atoms with Gasteiger partial charge in [0.05, 0.1) is 22.2 Å². The summed E-state index contributed by atoms with van der Waals surface area (Å²) in [5, 5.41) is 10.4. The van der Waals surface area contributed by atoms with Crippen molar-refractivity contribution in [2.24, 2.45) is 0 Å². The maximum absolute atomic E-state index is 12.8. The highest BCUT2D eigenvalue weighted by Gasteiger charge is 2.22. The SMILES string of the molecule is Cc1ccnc(C(=O)c2[nH]c3cc(Cl)c(Cl)cc3c2CC(=O)O)c1. The first-order chi connectivity index (χ1) is 11.4. The molecule has 2 N–H and O–H groups in total. The van der Waals surface area contributed by atoms with Gasteiger partial charge in [0.1, 0.15) is 5.69 Å². The lowest BCUT2D eigenvalue weighted by Gasteiger charge is -2.03. The largest absolute Gasteiger partial charge is 0.481 e. The van der Waals surface area contributed by atoms with E-state index in [1.165, 1.54) is 6.20 Å². The summed E-state index contributed by atoms with van der Waals surface area (Å²) < 4.78 is 0. The molecule has 0 unspecified atom stereocenters. The van der Waals surface area contributed by atoms with Crippen molar-refractivity contribution >= 4 is 45.9 Å². The number of carboxylic acids is 1. The van der Waals surface area contributed by atoms with Gasteiger partial charge in [-0.05, 0) is 36.8 Å². The molecule has 7 heteroatoms. The molecule has 2 aromatic heterocycles. The van der Waals surface area contributed by atoms with Crippen LogP contribution < -0.4 is 0 Å². The molecule has 24 heavy (non-hydrogen) atoms. The molecule has 0 aliphatic carbocycles. The van der Waals surface area contributed by atoms with E-state index < -0.39 is 5.97 Å². The molecule has 1 aromatic carbocycles. The molecule has 0 saturated carbocycles. The number of hydrogen-bond donors (Lipinski definition) is 2. The summed E-state index contributed by atoms with van der Waals surface area (Å²) >= 11 is 12.0. The number of carboxylic acid groups (broad SMARTS) is 1. The van der Waals surface area contributed by atoms with Crippen molar-refractivity contribution in [2.75, 3.05) is 0 Å². The third kappa shape index (κ3) is 3.00. The molecule has 0 spiro atoms. The van der Waals surface area contributed by atoms with E-state index in [0.29, 0.717) is 26.5 Å². The van der Waals surface area contributed by atoms with Crippen LogP contribution in [-0.4, -0.2) is 26.8 Å². The Morgan fingerprint density at radius 2 is 1.92 bits per heavy atom. The minimum atomic E-state index is -1.05. The van der Waals surface area contributed by atoms with E-state index in [4.69, 9.17) is 23.2 Å². The van der Waals surface area contributed by atoms with Crippen molar-refractivity contribution < 1.29 is 14.7 Å². The third-order valence-corrected chi connectivity index (χ3v) is 4.37. The lowest BCUT2D eigenvalue weighted by Crippen LogP contribution is -2.10. The minimum absolute atomic E-state index is 0.184. The smallest absolute Gasteiger partial charge is 0.307 e. The van der Waals surface area contributed by atoms with Crippen molar-refractivity contribution in [1.29, 1.82) is 0 Å². The van der Waals surface area contributed by atoms with Crippen molar-refractivity contribution in [3.8, 4) is 0 Å². The first kappa shape index (κ1) is 16.5. The number of benzene rings is 1. The number of rotatable bonds is 4. The Morgan fingerprint density at radius 3 is 2.58 bits per heavy atom. The maximum Gasteiger partial charge on any atom is 0.307 e. The Kier molecular flexibility index (Phi) is 4.30. The van der Waals surface area contributed by atoms with Crippen LogP contribution in [0.25, 0.3) is 10.9 Å². The van der Waals surface area contributed by atoms with E-state index in [2.05, 4.69) is 9.97 Å². The molecule has 3 aromatic rings. The number of ketones is 1. The molecule has 0 aliphatic rings. The third-order valence-electron chi connectivity index (χ3n) is 3.65. The number of nitrogens with zero attached hydrogens (tertiary/aromatic N) is 1. The molecule has 3 rings (SSSR count). The standard InChI is InChI=1S/C17H12Cl2N2O3/c1-8-2-3-20-14(4-8)17(24)16-10(6-15(22)23)9-5-11(18)12(19)7-13(9)21-16/h2-5,7,21H,6H2,1H3,(H,22,23). The Morgan fingerprint density at radius 1 is 1.21 bits per heavy atom. The predicted octanol–water partition coefficient (Wildman–Crippen LogP) is 4.04. The average Bonchev–Trinajstić information content (AvgIpc) is 2.84. The Labute approximate surface area is 147 Å². The first-order valence-electron chi connectivity index (χ1n) is 7.05. The highest BCUT2D eigenvalue weighted by Crippen LogP contribution is 2.32. The second kappa shape index (κ2) is 6.26. The summed E-state index contributed by atoms with van der Waals surface area (Å²) in [4.78, 5) is 31.0. The van der Waals surface area contributed by atoms with Crippen LogP contribution in [0.3, 0.4) is 0 Å². The van der Waals surface area contributed by atoms with Gasteiger partial charge >= 0.3 is 5.97 Å². The summed E-state index contributed by atoms with van der Waals surface area (Å²) in [5.74, 6) is -1.42. The quantitative estimate of drug-likeness (QED) is 0.686. The van der Waals surface area contributed by atoms with Crippen molar-refractivity contribution in [3.63, 3.8) is 0 Å². The fraction of sp³-hybridized carbons (Fsp3) is 0.118. The van der Waals surface area contributed by atoms with Gasteiger partial charge in [0, 0.05) is 22.7 Å². The number of fused-ring (bicyclic) bond motifs is 1. The number of halogens is 2. The number of aromatic amines is 1. The molecule has 5 nitrogen and oxygen atoms in total. The van der Waals surface area contributed by atoms with Gasteiger partial charge in [-0.15, -0.1) is 0 Å². The van der Waals surface area contributed by atoms with Gasteiger partial charge in [0.15, 0.2) is 0 Å². The van der Waals surface area contributed by atoms with Crippen LogP contribution in [0.4, 0.5) is 0 Å². The molecule has 0 atom stereocenters. The number of carbonyl (C=O) groups is 2. The predicted molar refractivity (Wildman–Crippen MR) is 92.1 cm³/mol. The number of aliphatic carboxylic acids is 1. The molecule has 0 aliphatic heterocycles. The van der Waals surface area contributed by atoms with Gasteiger partial charge in [-0.1, -0.05) is 23.2 Å². The molecule has 0 bridgehead atoms. The fourth-order valence-electron chi connectivity index (χ4n) is 2.56. The fourth-order valence-corrected chi connectivity index (χ4v) is 2.89. The number of hydrogen-bond acceptors (Lipinski definition) is 3. The van der Waals surface area contributed by atoms with Crippen LogP contribution in [0.2, 0.25) is 10.0 Å². The number of nitrogens with one attached hydrogen (secondary N) is 1. The van der Waals surface area contributed by atoms with Crippen LogP contribution in [-0.2, 0) is 11.2 Å². The highest BCUT2D eigenvalue weighted by molar-refractivity contribution is 6.42. The van der Waals surface area contributed by atoms with Crippen molar-refractivity contribution in [1.82, 2.24) is 9.97 Å². The molecule has 122 valence electrons. The van der Waals surface area contributed by atoms with Crippen LogP contribution >= 0.6 is 23.2 Å². The summed E-state index contributed by atoms with van der Waals surface area (Å²) in [6, 6.07) is 6.57. The van der Waals surface area contributed by atoms with Crippen LogP contribution in [0.1, 0.15) is 27.3 Å². The molecular weight excluding hydrogens is 351 g/mol. The lowest BCUT2D eigenvalue weighted by atomic mass is 10.0. The Balaban J connectivity index is 2.22. The maximum atomic E-state index is 12.8. The van der Waals surface area contributed by atoms with Crippen LogP contribution in [0, 0.1) is 6.92 Å². The summed E-state index contributed by atoms with van der Waals surface area (Å²) in [7, 11) is 0. The van der Waals surface area contributed by atoms with E-state index in [0.717, 1.165) is 5.56 Å². The van der Waals surface area contributed by atoms with E-state index >= 15 is 0 Å². The zero-order chi connectivity index (χ0) is 17.4. The number of pyridine rings is 1. The topological polar surface area (TPSA) is 83.0 Å². The zero-order valence-corrected chi connectivity index (χ0v) is 14.1. The van der Waals surface area contributed by atoms with E-state index in [1.54, 1.807) is 24.3 Å². The Hall–Kier alpha value is -2.37. The van der Waals surface area contributed by atoms with E-state index in [-0.39, 0.29) is 23.6 Å². The average molecular weight is 363 g/mol. The summed E-state index contributed by atoms with van der Waals surface area (Å²) in [6.07, 6.45) is 1.22. The van der Waals surface area contributed by atoms with Crippen LogP contribution in [0.15, 0.2) is 30.5 Å². The second-order valence-electron chi connectivity index (χ2n) is 5.41. The van der Waals surface area contributed by atoms with E-state index in [9.17, 15) is 14.7 Å². The van der Waals surface area contributed by atoms with Gasteiger partial charge in [-0.3, -0.25) is 14.6 Å². The normalized spacial score (nSPS) is 11.0.